The maximum absolute atomic E-state index is 12.8. The lowest BCUT2D eigenvalue weighted by molar-refractivity contribution is 0.101. The van der Waals surface area contributed by atoms with Gasteiger partial charge in [-0.15, -0.1) is 16.4 Å². The van der Waals surface area contributed by atoms with E-state index < -0.39 is 0 Å². The minimum atomic E-state index is -0.287. The van der Waals surface area contributed by atoms with Gasteiger partial charge >= 0.3 is 0 Å². The van der Waals surface area contributed by atoms with E-state index in [1.54, 1.807) is 41.9 Å². The average Bonchev–Trinajstić information content (AvgIpc) is 3.42. The number of carbonyl (C=O) groups excluding carboxylic acids is 2. The Hall–Kier alpha value is -3.85. The van der Waals surface area contributed by atoms with Gasteiger partial charge in [0.15, 0.2) is 5.82 Å². The van der Waals surface area contributed by atoms with Crippen molar-refractivity contribution in [2.45, 2.75) is 13.8 Å². The van der Waals surface area contributed by atoms with Gasteiger partial charge in [0.05, 0.1) is 10.6 Å². The summed E-state index contributed by atoms with van der Waals surface area (Å²) in [6.07, 6.45) is 0. The Morgan fingerprint density at radius 3 is 2.47 bits per heavy atom. The van der Waals surface area contributed by atoms with E-state index >= 15 is 0 Å². The summed E-state index contributed by atoms with van der Waals surface area (Å²) in [6, 6.07) is 15.9. The summed E-state index contributed by atoms with van der Waals surface area (Å²) in [6.45, 7) is 3.75. The molecule has 8 nitrogen and oxygen atoms in total. The van der Waals surface area contributed by atoms with Gasteiger partial charge in [-0.2, -0.15) is 4.68 Å². The number of aromatic nitrogens is 4. The van der Waals surface area contributed by atoms with Crippen LogP contribution in [0.1, 0.15) is 31.4 Å². The van der Waals surface area contributed by atoms with Gasteiger partial charge in [-0.1, -0.05) is 18.2 Å². The molecule has 0 saturated carbocycles. The Morgan fingerprint density at radius 1 is 0.933 bits per heavy atom. The summed E-state index contributed by atoms with van der Waals surface area (Å²) in [7, 11) is 0. The normalized spacial score (nSPS) is 10.6. The molecule has 0 fully saturated rings. The van der Waals surface area contributed by atoms with Crippen LogP contribution in [0.4, 0.5) is 11.4 Å². The van der Waals surface area contributed by atoms with Gasteiger partial charge in [0.25, 0.3) is 11.8 Å². The van der Waals surface area contributed by atoms with Gasteiger partial charge in [-0.3, -0.25) is 9.59 Å². The Bertz CT molecular complexity index is 1220. The third kappa shape index (κ3) is 4.11. The lowest BCUT2D eigenvalue weighted by atomic mass is 10.1. The van der Waals surface area contributed by atoms with Crippen LogP contribution in [0.5, 0.6) is 0 Å². The predicted octanol–water partition coefficient (Wildman–Crippen LogP) is 3.85. The highest BCUT2D eigenvalue weighted by molar-refractivity contribution is 7.12. The van der Waals surface area contributed by atoms with E-state index in [2.05, 4.69) is 26.2 Å². The Kier molecular flexibility index (Phi) is 5.36. The van der Waals surface area contributed by atoms with Crippen LogP contribution in [-0.4, -0.2) is 32.0 Å². The molecule has 0 saturated heterocycles. The van der Waals surface area contributed by atoms with Gasteiger partial charge in [0, 0.05) is 16.9 Å². The number of benzene rings is 2. The number of aryl methyl sites for hydroxylation is 2. The minimum Gasteiger partial charge on any atom is -0.322 e. The summed E-state index contributed by atoms with van der Waals surface area (Å²) >= 11 is 1.36. The van der Waals surface area contributed by atoms with E-state index in [4.69, 9.17) is 0 Å². The molecule has 0 atom stereocenters. The summed E-state index contributed by atoms with van der Waals surface area (Å²) in [5.41, 5.74) is 3.35. The summed E-state index contributed by atoms with van der Waals surface area (Å²) < 4.78 is 1.62. The number of carbonyl (C=O) groups is 2. The van der Waals surface area contributed by atoms with Gasteiger partial charge in [-0.25, -0.2) is 0 Å². The third-order valence-corrected chi connectivity index (χ3v) is 5.32. The highest BCUT2D eigenvalue weighted by atomic mass is 32.1. The van der Waals surface area contributed by atoms with E-state index in [9.17, 15) is 9.59 Å². The number of hydrogen-bond acceptors (Lipinski definition) is 6. The maximum Gasteiger partial charge on any atom is 0.265 e. The van der Waals surface area contributed by atoms with E-state index in [0.717, 1.165) is 11.3 Å². The molecule has 2 aromatic heterocycles. The predicted molar refractivity (Wildman–Crippen MR) is 115 cm³/mol. The smallest absolute Gasteiger partial charge is 0.265 e. The molecule has 0 bridgehead atoms. The van der Waals surface area contributed by atoms with Crippen molar-refractivity contribution in [2.24, 2.45) is 0 Å². The summed E-state index contributed by atoms with van der Waals surface area (Å²) in [4.78, 5) is 25.6. The van der Waals surface area contributed by atoms with E-state index in [1.165, 1.54) is 11.3 Å². The zero-order valence-electron chi connectivity index (χ0n) is 16.3. The Balaban J connectivity index is 1.52. The van der Waals surface area contributed by atoms with Crippen molar-refractivity contribution in [2.75, 3.05) is 10.6 Å². The molecular formula is C21H18N6O2S. The highest BCUT2D eigenvalue weighted by Gasteiger charge is 2.12. The molecule has 0 aliphatic heterocycles. The minimum absolute atomic E-state index is 0.206. The zero-order chi connectivity index (χ0) is 21.1. The molecule has 30 heavy (non-hydrogen) atoms. The second kappa shape index (κ2) is 8.26. The molecule has 4 rings (SSSR count). The Labute approximate surface area is 176 Å². The second-order valence-electron chi connectivity index (χ2n) is 6.61. The van der Waals surface area contributed by atoms with Gasteiger partial charge in [0.2, 0.25) is 0 Å². The topological polar surface area (TPSA) is 102 Å². The molecule has 0 aliphatic rings. The number of anilines is 2. The number of nitrogens with zero attached hydrogens (tertiary/aromatic N) is 4. The summed E-state index contributed by atoms with van der Waals surface area (Å²) in [5.74, 6) is 0.156. The molecule has 150 valence electrons. The van der Waals surface area contributed by atoms with Crippen molar-refractivity contribution in [3.63, 3.8) is 0 Å². The van der Waals surface area contributed by atoms with Gasteiger partial charge in [0.1, 0.15) is 0 Å². The number of amides is 2. The highest BCUT2D eigenvalue weighted by Crippen LogP contribution is 2.21. The quantitative estimate of drug-likeness (QED) is 0.513. The number of rotatable bonds is 5. The van der Waals surface area contributed by atoms with E-state index in [1.807, 2.05) is 36.6 Å². The molecule has 0 unspecified atom stereocenters. The molecule has 2 N–H and O–H groups in total. The van der Waals surface area contributed by atoms with Crippen LogP contribution in [0.3, 0.4) is 0 Å². The van der Waals surface area contributed by atoms with Crippen molar-refractivity contribution < 1.29 is 9.59 Å². The molecule has 0 aliphatic carbocycles. The van der Waals surface area contributed by atoms with Crippen LogP contribution < -0.4 is 10.6 Å². The maximum atomic E-state index is 12.8. The average molecular weight is 418 g/mol. The van der Waals surface area contributed by atoms with Crippen molar-refractivity contribution in [3.05, 3.63) is 81.8 Å². The fourth-order valence-corrected chi connectivity index (χ4v) is 3.53. The first kappa shape index (κ1) is 19.5. The number of thiophene rings is 1. The molecule has 0 spiro atoms. The van der Waals surface area contributed by atoms with Crippen molar-refractivity contribution in [3.8, 4) is 5.69 Å². The molecule has 4 aromatic rings. The molecule has 2 heterocycles. The van der Waals surface area contributed by atoms with E-state index in [0.29, 0.717) is 27.6 Å². The first-order valence-corrected chi connectivity index (χ1v) is 10.0. The van der Waals surface area contributed by atoms with Crippen molar-refractivity contribution >= 4 is 34.5 Å². The van der Waals surface area contributed by atoms with Gasteiger partial charge in [-0.05, 0) is 71.6 Å². The van der Waals surface area contributed by atoms with Crippen molar-refractivity contribution in [1.29, 1.82) is 0 Å². The molecule has 0 radical (unpaired) electrons. The fraction of sp³-hybridized carbons (Fsp3) is 0.0952. The van der Waals surface area contributed by atoms with Crippen LogP contribution in [0.15, 0.2) is 60.0 Å². The molecule has 2 aromatic carbocycles. The Morgan fingerprint density at radius 2 is 1.73 bits per heavy atom. The first-order valence-electron chi connectivity index (χ1n) is 9.13. The fourth-order valence-electron chi connectivity index (χ4n) is 2.91. The van der Waals surface area contributed by atoms with Crippen LogP contribution >= 0.6 is 11.3 Å². The lowest BCUT2D eigenvalue weighted by Crippen LogP contribution is -2.14. The van der Waals surface area contributed by atoms with Crippen molar-refractivity contribution in [1.82, 2.24) is 20.2 Å². The molecule has 2 amide bonds. The summed E-state index contributed by atoms with van der Waals surface area (Å²) in [5, 5.41) is 19.1. The van der Waals surface area contributed by atoms with Crippen LogP contribution in [0.2, 0.25) is 0 Å². The molecular weight excluding hydrogens is 400 g/mol. The lowest BCUT2D eigenvalue weighted by Gasteiger charge is -2.11. The van der Waals surface area contributed by atoms with Gasteiger partial charge < -0.3 is 10.6 Å². The van der Waals surface area contributed by atoms with Crippen LogP contribution in [0, 0.1) is 13.8 Å². The standard InChI is InChI=1S/C21H18N6O2S/c1-13-8-9-17(12-18(13)27-14(2)24-25-26-27)22-20(28)15-5-3-6-16(11-15)23-21(29)19-7-4-10-30-19/h3-12H,1-2H3,(H,22,28)(H,23,29). The monoisotopic (exact) mass is 418 g/mol. The first-order chi connectivity index (χ1) is 14.5. The molecule has 9 heteroatoms. The van der Waals surface area contributed by atoms with Crippen LogP contribution in [-0.2, 0) is 0 Å². The number of nitrogens with one attached hydrogen (secondary N) is 2. The van der Waals surface area contributed by atoms with E-state index in [-0.39, 0.29) is 11.8 Å². The third-order valence-electron chi connectivity index (χ3n) is 4.45. The number of hydrogen-bond donors (Lipinski definition) is 2. The second-order valence-corrected chi connectivity index (χ2v) is 7.55. The number of tetrazole rings is 1. The van der Waals surface area contributed by atoms with Crippen LogP contribution in [0.25, 0.3) is 5.69 Å². The largest absolute Gasteiger partial charge is 0.322 e. The SMILES string of the molecule is Cc1ccc(NC(=O)c2cccc(NC(=O)c3cccs3)c2)cc1-n1nnnc1C. The zero-order valence-corrected chi connectivity index (χ0v) is 17.1.